The van der Waals surface area contributed by atoms with E-state index >= 15 is 0 Å². The Kier molecular flexibility index (Phi) is 6.48. The number of rotatable bonds is 8. The Balaban J connectivity index is 1.64. The first-order valence-corrected chi connectivity index (χ1v) is 10.9. The fraction of sp³-hybridized carbons (Fsp3) is 0.292. The quantitative estimate of drug-likeness (QED) is 0.330. The smallest absolute Gasteiger partial charge is 0.327 e. The molecule has 0 aliphatic heterocycles. The second-order valence-electron chi connectivity index (χ2n) is 8.24. The normalized spacial score (nSPS) is 13.0. The first-order valence-electron chi connectivity index (χ1n) is 10.9. The van der Waals surface area contributed by atoms with E-state index < -0.39 is 11.2 Å². The van der Waals surface area contributed by atoms with E-state index in [1.54, 1.807) is 12.3 Å². The van der Waals surface area contributed by atoms with Crippen LogP contribution in [0.25, 0.3) is 11.2 Å². The first-order chi connectivity index (χ1) is 15.9. The molecule has 0 radical (unpaired) electrons. The number of fused-ring (bicyclic) bond motifs is 1. The highest BCUT2D eigenvalue weighted by atomic mass is 16.2. The number of benzene rings is 1. The zero-order valence-corrected chi connectivity index (χ0v) is 18.5. The molecule has 0 aliphatic carbocycles. The third kappa shape index (κ3) is 5.25. The summed E-state index contributed by atoms with van der Waals surface area (Å²) in [5.74, 6) is 0.829. The summed E-state index contributed by atoms with van der Waals surface area (Å²) in [7, 11) is 0. The van der Waals surface area contributed by atoms with Crippen LogP contribution in [-0.4, -0.2) is 30.8 Å². The lowest BCUT2D eigenvalue weighted by Crippen LogP contribution is -2.21. The van der Waals surface area contributed by atoms with E-state index in [4.69, 9.17) is 0 Å². The van der Waals surface area contributed by atoms with Gasteiger partial charge in [-0.25, -0.2) is 14.8 Å². The number of anilines is 1. The number of pyridine rings is 1. The molecule has 4 rings (SSSR count). The summed E-state index contributed by atoms with van der Waals surface area (Å²) < 4.78 is 0. The van der Waals surface area contributed by atoms with E-state index in [-0.39, 0.29) is 28.9 Å². The Bertz CT molecular complexity index is 1350. The molecule has 33 heavy (non-hydrogen) atoms. The summed E-state index contributed by atoms with van der Waals surface area (Å²) in [5, 5.41) is 2.67. The van der Waals surface area contributed by atoms with Crippen molar-refractivity contribution in [3.8, 4) is 0 Å². The van der Waals surface area contributed by atoms with Crippen molar-refractivity contribution in [3.05, 3.63) is 86.5 Å². The van der Waals surface area contributed by atoms with E-state index in [1.165, 1.54) is 12.5 Å². The summed E-state index contributed by atoms with van der Waals surface area (Å²) in [4.78, 5) is 52.0. The van der Waals surface area contributed by atoms with Gasteiger partial charge in [-0.15, -0.1) is 0 Å². The van der Waals surface area contributed by atoms with Crippen LogP contribution < -0.4 is 16.6 Å². The number of carbonyl (C=O) groups is 1. The zero-order chi connectivity index (χ0) is 23.4. The van der Waals surface area contributed by atoms with Crippen molar-refractivity contribution in [1.82, 2.24) is 24.9 Å². The topological polar surface area (TPSA) is 136 Å². The Morgan fingerprint density at radius 3 is 2.55 bits per heavy atom. The Morgan fingerprint density at radius 2 is 1.85 bits per heavy atom. The van der Waals surface area contributed by atoms with Crippen molar-refractivity contribution >= 4 is 22.9 Å². The van der Waals surface area contributed by atoms with Crippen molar-refractivity contribution in [2.45, 2.75) is 39.0 Å². The van der Waals surface area contributed by atoms with Crippen molar-refractivity contribution in [2.24, 2.45) is 5.92 Å². The van der Waals surface area contributed by atoms with Gasteiger partial charge >= 0.3 is 5.69 Å². The van der Waals surface area contributed by atoms with Gasteiger partial charge in [0.2, 0.25) is 5.91 Å². The number of imidazole rings is 1. The number of aryl methyl sites for hydroxylation is 1. The lowest BCUT2D eigenvalue weighted by molar-refractivity contribution is -0.114. The van der Waals surface area contributed by atoms with Crippen molar-refractivity contribution < 1.29 is 4.79 Å². The molecule has 0 aliphatic rings. The maximum atomic E-state index is 12.2. The second-order valence-corrected chi connectivity index (χ2v) is 8.24. The van der Waals surface area contributed by atoms with Crippen LogP contribution in [0.4, 0.5) is 5.82 Å². The minimum atomic E-state index is -0.598. The van der Waals surface area contributed by atoms with Gasteiger partial charge in [0.05, 0.1) is 0 Å². The molecule has 2 unspecified atom stereocenters. The van der Waals surface area contributed by atoms with Crippen LogP contribution in [0.1, 0.15) is 49.6 Å². The molecule has 4 aromatic rings. The predicted molar refractivity (Wildman–Crippen MR) is 126 cm³/mol. The van der Waals surface area contributed by atoms with Crippen molar-refractivity contribution in [3.63, 3.8) is 0 Å². The lowest BCUT2D eigenvalue weighted by atomic mass is 9.84. The minimum absolute atomic E-state index is 0.161. The summed E-state index contributed by atoms with van der Waals surface area (Å²) >= 11 is 0. The van der Waals surface area contributed by atoms with Gasteiger partial charge in [-0.1, -0.05) is 43.3 Å². The summed E-state index contributed by atoms with van der Waals surface area (Å²) in [6.07, 6.45) is 4.57. The van der Waals surface area contributed by atoms with Crippen LogP contribution in [0.15, 0.2) is 58.3 Å². The standard InChI is InChI=1S/C24H26N6O3/c1-14(7-6-10-16-8-4-3-5-9-16)19(17-11-12-18(25-13-17)26-15(2)31)21-27-20-22(28-21)29-24(33)30-23(20)32/h3-5,8-9,11-14,19H,6-7,10H2,1-2H3,(H,25,26,31)(H3,27,28,29,30,32,33). The summed E-state index contributed by atoms with van der Waals surface area (Å²) in [5.41, 5.74) is 1.53. The fourth-order valence-electron chi connectivity index (χ4n) is 4.14. The van der Waals surface area contributed by atoms with Gasteiger partial charge in [-0.2, -0.15) is 0 Å². The molecular formula is C24H26N6O3. The molecule has 0 saturated heterocycles. The van der Waals surface area contributed by atoms with Gasteiger partial charge < -0.3 is 10.3 Å². The van der Waals surface area contributed by atoms with Gasteiger partial charge in [0.15, 0.2) is 5.65 Å². The van der Waals surface area contributed by atoms with Crippen LogP contribution in [0, 0.1) is 5.92 Å². The van der Waals surface area contributed by atoms with E-state index in [0.717, 1.165) is 24.8 Å². The molecule has 9 nitrogen and oxygen atoms in total. The molecule has 4 N–H and O–H groups in total. The summed E-state index contributed by atoms with van der Waals surface area (Å²) in [6, 6.07) is 14.0. The van der Waals surface area contributed by atoms with Crippen LogP contribution >= 0.6 is 0 Å². The van der Waals surface area contributed by atoms with Gasteiger partial charge in [-0.05, 0) is 42.4 Å². The zero-order valence-electron chi connectivity index (χ0n) is 18.5. The maximum absolute atomic E-state index is 12.2. The SMILES string of the molecule is CC(=O)Nc1ccc(C(c2nc3[nH]c(=O)[nH]c(=O)c3[nH]2)C(C)CCCc2ccccc2)cn1. The number of H-pyrrole nitrogens is 3. The second kappa shape index (κ2) is 9.64. The van der Waals surface area contributed by atoms with E-state index in [9.17, 15) is 14.4 Å². The number of hydrogen-bond acceptors (Lipinski definition) is 5. The number of nitrogens with zero attached hydrogens (tertiary/aromatic N) is 2. The van der Waals surface area contributed by atoms with Crippen LogP contribution in [0.2, 0.25) is 0 Å². The first kappa shape index (κ1) is 22.2. The van der Waals surface area contributed by atoms with Gasteiger partial charge in [0, 0.05) is 19.0 Å². The third-order valence-electron chi connectivity index (χ3n) is 5.69. The van der Waals surface area contributed by atoms with Crippen molar-refractivity contribution in [2.75, 3.05) is 5.32 Å². The molecule has 170 valence electrons. The van der Waals surface area contributed by atoms with Gasteiger partial charge in [0.1, 0.15) is 17.2 Å². The number of nitrogens with one attached hydrogen (secondary N) is 4. The largest absolute Gasteiger partial charge is 0.336 e. The average molecular weight is 447 g/mol. The highest BCUT2D eigenvalue weighted by Gasteiger charge is 2.26. The monoisotopic (exact) mass is 446 g/mol. The van der Waals surface area contributed by atoms with Crippen LogP contribution in [0.3, 0.4) is 0 Å². The molecule has 0 fully saturated rings. The number of amides is 1. The molecule has 9 heteroatoms. The molecule has 0 saturated carbocycles. The maximum Gasteiger partial charge on any atom is 0.327 e. The molecule has 2 atom stereocenters. The molecule has 3 aromatic heterocycles. The van der Waals surface area contributed by atoms with Crippen LogP contribution in [0.5, 0.6) is 0 Å². The Hall–Kier alpha value is -4.01. The minimum Gasteiger partial charge on any atom is -0.336 e. The van der Waals surface area contributed by atoms with E-state index in [1.807, 2.05) is 24.3 Å². The van der Waals surface area contributed by atoms with Crippen LogP contribution in [-0.2, 0) is 11.2 Å². The Labute approximate surface area is 189 Å². The predicted octanol–water partition coefficient (Wildman–Crippen LogP) is 3.08. The third-order valence-corrected chi connectivity index (χ3v) is 5.69. The summed E-state index contributed by atoms with van der Waals surface area (Å²) in [6.45, 7) is 3.57. The Morgan fingerprint density at radius 1 is 1.06 bits per heavy atom. The molecule has 1 aromatic carbocycles. The number of carbonyl (C=O) groups excluding carboxylic acids is 1. The highest BCUT2D eigenvalue weighted by molar-refractivity contribution is 5.87. The average Bonchev–Trinajstić information content (AvgIpc) is 3.19. The molecule has 3 heterocycles. The van der Waals surface area contributed by atoms with E-state index in [2.05, 4.69) is 49.3 Å². The molecular weight excluding hydrogens is 420 g/mol. The van der Waals surface area contributed by atoms with E-state index in [0.29, 0.717) is 11.6 Å². The highest BCUT2D eigenvalue weighted by Crippen LogP contribution is 2.34. The lowest BCUT2D eigenvalue weighted by Gasteiger charge is -2.23. The fourth-order valence-corrected chi connectivity index (χ4v) is 4.14. The van der Waals surface area contributed by atoms with Gasteiger partial charge in [-0.3, -0.25) is 19.6 Å². The van der Waals surface area contributed by atoms with Crippen molar-refractivity contribution in [1.29, 1.82) is 0 Å². The number of aromatic nitrogens is 5. The molecule has 0 bridgehead atoms. The van der Waals surface area contributed by atoms with Gasteiger partial charge in [0.25, 0.3) is 5.56 Å². The number of aromatic amines is 3. The number of hydrogen-bond donors (Lipinski definition) is 4. The molecule has 0 spiro atoms. The molecule has 1 amide bonds.